The zero-order valence-corrected chi connectivity index (χ0v) is 23.9. The van der Waals surface area contributed by atoms with E-state index in [1.165, 1.54) is 36.7 Å². The van der Waals surface area contributed by atoms with Gasteiger partial charge >= 0.3 is 0 Å². The van der Waals surface area contributed by atoms with Crippen LogP contribution in [0.15, 0.2) is 150 Å². The van der Waals surface area contributed by atoms with E-state index in [-0.39, 0.29) is 0 Å². The molecule has 0 spiro atoms. The van der Waals surface area contributed by atoms with Crippen LogP contribution < -0.4 is 4.90 Å². The lowest BCUT2D eigenvalue weighted by Crippen LogP contribution is -2.09. The second-order valence-corrected chi connectivity index (χ2v) is 11.9. The number of benzene rings is 6. The molecule has 3 heterocycles. The summed E-state index contributed by atoms with van der Waals surface area (Å²) in [5, 5.41) is 5.93. The summed E-state index contributed by atoms with van der Waals surface area (Å²) in [4.78, 5) is 6.92. The molecule has 0 unspecified atom stereocenters. The highest BCUT2D eigenvalue weighted by molar-refractivity contribution is 7.25. The zero-order valence-electron chi connectivity index (χ0n) is 23.1. The van der Waals surface area contributed by atoms with E-state index in [1.54, 1.807) is 0 Å². The number of para-hydroxylation sites is 1. The van der Waals surface area contributed by atoms with Crippen LogP contribution in [0.25, 0.3) is 64.1 Å². The van der Waals surface area contributed by atoms with E-state index in [1.807, 2.05) is 35.7 Å². The highest BCUT2D eigenvalue weighted by Gasteiger charge is 2.17. The number of pyridine rings is 1. The molecule has 0 aliphatic heterocycles. The SMILES string of the molecule is c1ccc(-c2ccc(N(c3ccc4c(c3)oc3ccccc34)c3ccc4c(c3)sc3cc5cccnc5cc34)cc2)cc1. The van der Waals surface area contributed by atoms with Crippen molar-refractivity contribution in [2.24, 2.45) is 0 Å². The normalized spacial score (nSPS) is 11.7. The van der Waals surface area contributed by atoms with Crippen LogP contribution in [0.3, 0.4) is 0 Å². The molecule has 9 aromatic rings. The second kappa shape index (κ2) is 9.55. The summed E-state index contributed by atoms with van der Waals surface area (Å²) in [5.41, 5.74) is 8.45. The number of anilines is 3. The Morgan fingerprint density at radius 1 is 0.488 bits per heavy atom. The maximum atomic E-state index is 6.31. The first-order valence-electron chi connectivity index (χ1n) is 14.4. The molecule has 0 atom stereocenters. The number of hydrogen-bond donors (Lipinski definition) is 0. The van der Waals surface area contributed by atoms with E-state index in [0.717, 1.165) is 44.5 Å². The molecular weight excluding hydrogens is 545 g/mol. The first-order chi connectivity index (χ1) is 21.3. The van der Waals surface area contributed by atoms with Crippen molar-refractivity contribution in [1.29, 1.82) is 0 Å². The molecular formula is C39H24N2OS. The number of hydrogen-bond acceptors (Lipinski definition) is 4. The third kappa shape index (κ3) is 3.99. The van der Waals surface area contributed by atoms with Crippen LogP contribution in [0.5, 0.6) is 0 Å². The largest absolute Gasteiger partial charge is 0.456 e. The van der Waals surface area contributed by atoms with Gasteiger partial charge in [-0.05, 0) is 71.8 Å². The summed E-state index contributed by atoms with van der Waals surface area (Å²) in [6, 6.07) is 49.5. The van der Waals surface area contributed by atoms with Gasteiger partial charge in [-0.3, -0.25) is 4.98 Å². The van der Waals surface area contributed by atoms with E-state index in [4.69, 9.17) is 4.42 Å². The fourth-order valence-electron chi connectivity index (χ4n) is 6.20. The molecule has 202 valence electrons. The summed E-state index contributed by atoms with van der Waals surface area (Å²) in [6.45, 7) is 0. The summed E-state index contributed by atoms with van der Waals surface area (Å²) >= 11 is 1.83. The molecule has 0 aliphatic carbocycles. The lowest BCUT2D eigenvalue weighted by Gasteiger charge is -2.26. The minimum Gasteiger partial charge on any atom is -0.456 e. The van der Waals surface area contributed by atoms with Crippen LogP contribution in [-0.2, 0) is 0 Å². The highest BCUT2D eigenvalue weighted by Crippen LogP contribution is 2.43. The molecule has 6 aromatic carbocycles. The molecule has 0 saturated heterocycles. The van der Waals surface area contributed by atoms with Crippen LogP contribution in [-0.4, -0.2) is 4.98 Å². The summed E-state index contributed by atoms with van der Waals surface area (Å²) in [6.07, 6.45) is 1.86. The van der Waals surface area contributed by atoms with E-state index in [0.29, 0.717) is 0 Å². The molecule has 0 fully saturated rings. The number of nitrogens with zero attached hydrogens (tertiary/aromatic N) is 2. The molecule has 43 heavy (non-hydrogen) atoms. The Kier molecular flexibility index (Phi) is 5.37. The fourth-order valence-corrected chi connectivity index (χ4v) is 7.37. The Morgan fingerprint density at radius 2 is 1.19 bits per heavy atom. The number of thiophene rings is 1. The number of furan rings is 1. The zero-order chi connectivity index (χ0) is 28.3. The smallest absolute Gasteiger partial charge is 0.137 e. The first-order valence-corrected chi connectivity index (χ1v) is 15.2. The Balaban J connectivity index is 1.22. The Bertz CT molecular complexity index is 2460. The van der Waals surface area contributed by atoms with Crippen molar-refractivity contribution in [3.63, 3.8) is 0 Å². The predicted octanol–water partition coefficient (Wildman–Crippen LogP) is 11.6. The quantitative estimate of drug-likeness (QED) is 0.211. The van der Waals surface area contributed by atoms with Gasteiger partial charge in [0.2, 0.25) is 0 Å². The third-order valence-corrected chi connectivity index (χ3v) is 9.41. The molecule has 0 amide bonds. The van der Waals surface area contributed by atoms with Gasteiger partial charge in [-0.25, -0.2) is 0 Å². The molecule has 0 aliphatic rings. The Hall–Kier alpha value is -5.45. The molecule has 3 nitrogen and oxygen atoms in total. The molecule has 0 radical (unpaired) electrons. The number of rotatable bonds is 4. The van der Waals surface area contributed by atoms with E-state index in [2.05, 4.69) is 131 Å². The van der Waals surface area contributed by atoms with Crippen molar-refractivity contribution in [3.05, 3.63) is 146 Å². The van der Waals surface area contributed by atoms with Gasteiger partial charge in [0.05, 0.1) is 5.52 Å². The van der Waals surface area contributed by atoms with Crippen LogP contribution in [0.2, 0.25) is 0 Å². The predicted molar refractivity (Wildman–Crippen MR) is 182 cm³/mol. The molecule has 9 rings (SSSR count). The van der Waals surface area contributed by atoms with Gasteiger partial charge in [0.15, 0.2) is 0 Å². The standard InChI is InChI=1S/C39H24N2OS/c1-2-7-25(8-3-1)26-12-14-28(15-13-26)41(29-16-18-32-31-10-4-5-11-36(31)42-37(32)22-29)30-17-19-33-34-24-35-27(9-6-20-40-35)21-38(34)43-39(33)23-30/h1-24H. The molecule has 0 bridgehead atoms. The van der Waals surface area contributed by atoms with Gasteiger partial charge < -0.3 is 9.32 Å². The van der Waals surface area contributed by atoms with E-state index >= 15 is 0 Å². The highest BCUT2D eigenvalue weighted by atomic mass is 32.1. The average Bonchev–Trinajstić information content (AvgIpc) is 3.61. The lowest BCUT2D eigenvalue weighted by molar-refractivity contribution is 0.669. The minimum absolute atomic E-state index is 0.881. The number of aromatic nitrogens is 1. The van der Waals surface area contributed by atoms with E-state index in [9.17, 15) is 0 Å². The van der Waals surface area contributed by atoms with Gasteiger partial charge in [-0.2, -0.15) is 0 Å². The van der Waals surface area contributed by atoms with Crippen LogP contribution in [0, 0.1) is 0 Å². The fraction of sp³-hybridized carbons (Fsp3) is 0. The first kappa shape index (κ1) is 24.2. The topological polar surface area (TPSA) is 29.3 Å². The average molecular weight is 569 g/mol. The summed E-state index contributed by atoms with van der Waals surface area (Å²) < 4.78 is 8.83. The number of fused-ring (bicyclic) bond motifs is 7. The van der Waals surface area contributed by atoms with E-state index < -0.39 is 0 Å². The molecule has 0 N–H and O–H groups in total. The van der Waals surface area contributed by atoms with Crippen molar-refractivity contribution in [1.82, 2.24) is 4.98 Å². The van der Waals surface area contributed by atoms with Crippen LogP contribution in [0.1, 0.15) is 0 Å². The van der Waals surface area contributed by atoms with Gasteiger partial charge in [-0.1, -0.05) is 72.8 Å². The van der Waals surface area contributed by atoms with Crippen molar-refractivity contribution in [3.8, 4) is 11.1 Å². The monoisotopic (exact) mass is 568 g/mol. The van der Waals surface area contributed by atoms with Crippen LogP contribution >= 0.6 is 11.3 Å². The second-order valence-electron chi connectivity index (χ2n) is 10.9. The Labute approximate surface area is 251 Å². The van der Waals surface area contributed by atoms with Crippen molar-refractivity contribution < 1.29 is 4.42 Å². The molecule has 0 saturated carbocycles. The maximum absolute atomic E-state index is 6.31. The van der Waals surface area contributed by atoms with Crippen molar-refractivity contribution in [2.45, 2.75) is 0 Å². The van der Waals surface area contributed by atoms with Gasteiger partial charge in [0.1, 0.15) is 11.2 Å². The molecule has 3 aromatic heterocycles. The molecule has 4 heteroatoms. The Morgan fingerprint density at radius 3 is 2.07 bits per heavy atom. The van der Waals surface area contributed by atoms with Crippen molar-refractivity contribution in [2.75, 3.05) is 4.90 Å². The van der Waals surface area contributed by atoms with Crippen LogP contribution in [0.4, 0.5) is 17.1 Å². The van der Waals surface area contributed by atoms with Crippen molar-refractivity contribution >= 4 is 81.4 Å². The summed E-state index contributed by atoms with van der Waals surface area (Å²) in [7, 11) is 0. The summed E-state index contributed by atoms with van der Waals surface area (Å²) in [5.74, 6) is 0. The third-order valence-electron chi connectivity index (χ3n) is 8.29. The lowest BCUT2D eigenvalue weighted by atomic mass is 10.0. The minimum atomic E-state index is 0.881. The van der Waals surface area contributed by atoms with Gasteiger partial charge in [0, 0.05) is 65.7 Å². The maximum Gasteiger partial charge on any atom is 0.137 e. The van der Waals surface area contributed by atoms with Gasteiger partial charge in [0.25, 0.3) is 0 Å². The van der Waals surface area contributed by atoms with Gasteiger partial charge in [-0.15, -0.1) is 11.3 Å².